The molecule has 15 N–H and O–H groups in total. The molecule has 0 rings (SSSR count). The molecule has 0 spiro atoms. The Hall–Kier alpha value is 0.486. The van der Waals surface area contributed by atoms with Crippen molar-refractivity contribution in [3.8, 4) is 0 Å². The molecule has 8 heteroatoms. The van der Waals surface area contributed by atoms with E-state index in [4.69, 9.17) is 0 Å². The predicted octanol–water partition coefficient (Wildman–Crippen LogP) is -5.17. The SMILES string of the molecule is N.O.O.O.O.O.O.[Mg+2]. The molecule has 56 valence electrons. The first-order valence-corrected chi connectivity index (χ1v) is 0. The fourth-order valence-electron chi connectivity index (χ4n) is 0. The zero-order chi connectivity index (χ0) is 0. The van der Waals surface area contributed by atoms with Crippen LogP contribution in [0.1, 0.15) is 0 Å². The molecule has 0 bridgehead atoms. The predicted molar refractivity (Wildman–Crippen MR) is 32.5 cm³/mol. The summed E-state index contributed by atoms with van der Waals surface area (Å²) in [6, 6.07) is 0. The normalized spacial score (nSPS) is 0. The maximum absolute atomic E-state index is 0. The molecule has 0 aromatic carbocycles. The zero-order valence-corrected chi connectivity index (χ0v) is 5.83. The van der Waals surface area contributed by atoms with Crippen molar-refractivity contribution in [1.82, 2.24) is 6.15 Å². The Morgan fingerprint density at radius 3 is 0.375 bits per heavy atom. The molecule has 0 saturated heterocycles. The molecule has 0 aliphatic heterocycles. The molecule has 0 atom stereocenters. The van der Waals surface area contributed by atoms with Crippen molar-refractivity contribution in [3.05, 3.63) is 0 Å². The molecule has 0 aliphatic carbocycles. The molecule has 0 saturated carbocycles. The fraction of sp³-hybridized carbons (Fsp3) is 0. The van der Waals surface area contributed by atoms with Gasteiger partial charge in [0.25, 0.3) is 0 Å². The summed E-state index contributed by atoms with van der Waals surface area (Å²) in [6.45, 7) is 0. The Balaban J connectivity index is 0. The average molecular weight is 149 g/mol. The third kappa shape index (κ3) is 826. The molecule has 0 radical (unpaired) electrons. The number of hydrogen-bond acceptors (Lipinski definition) is 1. The summed E-state index contributed by atoms with van der Waals surface area (Å²) < 4.78 is 0. The topological polar surface area (TPSA) is 224 Å². The molecule has 7 nitrogen and oxygen atoms in total. The van der Waals surface area contributed by atoms with E-state index >= 15 is 0 Å². The summed E-state index contributed by atoms with van der Waals surface area (Å²) in [5, 5.41) is 0. The van der Waals surface area contributed by atoms with Crippen molar-refractivity contribution in [2.24, 2.45) is 0 Å². The van der Waals surface area contributed by atoms with Crippen molar-refractivity contribution in [2.75, 3.05) is 0 Å². The van der Waals surface area contributed by atoms with E-state index in [-0.39, 0.29) is 62.1 Å². The Bertz CT molecular complexity index is 8.49. The van der Waals surface area contributed by atoms with E-state index in [0.717, 1.165) is 0 Å². The summed E-state index contributed by atoms with van der Waals surface area (Å²) in [5.41, 5.74) is 0. The van der Waals surface area contributed by atoms with Crippen LogP contribution in [0.2, 0.25) is 0 Å². The Morgan fingerprint density at radius 2 is 0.375 bits per heavy atom. The van der Waals surface area contributed by atoms with Crippen LogP contribution in [0.15, 0.2) is 0 Å². The number of hydrogen-bond donors (Lipinski definition) is 1. The van der Waals surface area contributed by atoms with Crippen LogP contribution in [-0.4, -0.2) is 55.9 Å². The van der Waals surface area contributed by atoms with E-state index in [2.05, 4.69) is 0 Å². The van der Waals surface area contributed by atoms with Crippen molar-refractivity contribution in [1.29, 1.82) is 0 Å². The van der Waals surface area contributed by atoms with Gasteiger partial charge < -0.3 is 39.0 Å². The monoisotopic (exact) mass is 149 g/mol. The molecule has 0 unspecified atom stereocenters. The molecule has 0 aromatic heterocycles. The standard InChI is InChI=1S/Mg.H3N.6H2O/h;1H3;6*1H2/q+2;;;;;;;. The summed E-state index contributed by atoms with van der Waals surface area (Å²) >= 11 is 0. The van der Waals surface area contributed by atoms with Crippen LogP contribution in [0.25, 0.3) is 0 Å². The van der Waals surface area contributed by atoms with Crippen LogP contribution in [0.4, 0.5) is 0 Å². The first kappa shape index (κ1) is 2010. The zero-order valence-electron chi connectivity index (χ0n) is 4.41. The second kappa shape index (κ2) is 1330. The second-order valence-electron chi connectivity index (χ2n) is 0. The molecule has 0 fully saturated rings. The van der Waals surface area contributed by atoms with Crippen LogP contribution < -0.4 is 6.15 Å². The Morgan fingerprint density at radius 1 is 0.375 bits per heavy atom. The van der Waals surface area contributed by atoms with Crippen molar-refractivity contribution in [2.45, 2.75) is 0 Å². The van der Waals surface area contributed by atoms with Crippen molar-refractivity contribution < 1.29 is 32.9 Å². The van der Waals surface area contributed by atoms with Gasteiger partial charge >= 0.3 is 23.1 Å². The first-order chi connectivity index (χ1) is 0. The fourth-order valence-corrected chi connectivity index (χ4v) is 0. The van der Waals surface area contributed by atoms with Gasteiger partial charge in [0.15, 0.2) is 0 Å². The summed E-state index contributed by atoms with van der Waals surface area (Å²) in [5.74, 6) is 0. The number of rotatable bonds is 0. The van der Waals surface area contributed by atoms with Gasteiger partial charge in [0.2, 0.25) is 0 Å². The molecule has 0 amide bonds. The third-order valence-corrected chi connectivity index (χ3v) is 0. The van der Waals surface area contributed by atoms with Crippen LogP contribution in [-0.2, 0) is 0 Å². The van der Waals surface area contributed by atoms with Gasteiger partial charge in [-0.3, -0.25) is 0 Å². The summed E-state index contributed by atoms with van der Waals surface area (Å²) in [4.78, 5) is 0. The molecular weight excluding hydrogens is 134 g/mol. The summed E-state index contributed by atoms with van der Waals surface area (Å²) in [6.07, 6.45) is 0. The maximum atomic E-state index is 0. The Labute approximate surface area is 62.7 Å². The van der Waals surface area contributed by atoms with Gasteiger partial charge in [0.05, 0.1) is 0 Å². The van der Waals surface area contributed by atoms with Gasteiger partial charge in [-0.1, -0.05) is 0 Å². The Kier molecular flexibility index (Phi) is 335000. The first-order valence-electron chi connectivity index (χ1n) is 0. The van der Waals surface area contributed by atoms with Crippen LogP contribution in [0.5, 0.6) is 0 Å². The van der Waals surface area contributed by atoms with Gasteiger partial charge in [0, 0.05) is 0 Å². The molecular formula is H15MgNO6+2. The minimum absolute atomic E-state index is 0. The summed E-state index contributed by atoms with van der Waals surface area (Å²) in [7, 11) is 0. The second-order valence-corrected chi connectivity index (χ2v) is 0. The molecule has 8 heavy (non-hydrogen) atoms. The quantitative estimate of drug-likeness (QED) is 0.327. The van der Waals surface area contributed by atoms with E-state index in [1.165, 1.54) is 0 Å². The van der Waals surface area contributed by atoms with E-state index < -0.39 is 0 Å². The maximum Gasteiger partial charge on any atom is 2.00 e. The van der Waals surface area contributed by atoms with Crippen molar-refractivity contribution in [3.63, 3.8) is 0 Å². The van der Waals surface area contributed by atoms with Gasteiger partial charge in [-0.2, -0.15) is 0 Å². The molecule has 0 aromatic rings. The smallest absolute Gasteiger partial charge is 0.412 e. The van der Waals surface area contributed by atoms with Gasteiger partial charge in [-0.15, -0.1) is 0 Å². The van der Waals surface area contributed by atoms with Crippen LogP contribution in [0, 0.1) is 0 Å². The van der Waals surface area contributed by atoms with Crippen molar-refractivity contribution >= 4 is 23.1 Å². The largest absolute Gasteiger partial charge is 2.00 e. The van der Waals surface area contributed by atoms with Crippen LogP contribution >= 0.6 is 0 Å². The molecule has 0 heterocycles. The van der Waals surface area contributed by atoms with E-state index in [9.17, 15) is 0 Å². The minimum Gasteiger partial charge on any atom is -0.412 e. The van der Waals surface area contributed by atoms with Gasteiger partial charge in [-0.05, 0) is 0 Å². The average Bonchev–Trinajstić information content (AvgIpc) is 0. The van der Waals surface area contributed by atoms with E-state index in [0.29, 0.717) is 0 Å². The van der Waals surface area contributed by atoms with Crippen LogP contribution in [0.3, 0.4) is 0 Å². The van der Waals surface area contributed by atoms with E-state index in [1.807, 2.05) is 0 Å². The van der Waals surface area contributed by atoms with Gasteiger partial charge in [0.1, 0.15) is 0 Å². The molecule has 0 aliphatic rings. The van der Waals surface area contributed by atoms with Gasteiger partial charge in [-0.25, -0.2) is 0 Å². The van der Waals surface area contributed by atoms with E-state index in [1.54, 1.807) is 0 Å². The minimum atomic E-state index is 0. The third-order valence-electron chi connectivity index (χ3n) is 0.